The van der Waals surface area contributed by atoms with Crippen molar-refractivity contribution in [3.05, 3.63) is 81.9 Å². The summed E-state index contributed by atoms with van der Waals surface area (Å²) in [5.74, 6) is 4.86. The van der Waals surface area contributed by atoms with E-state index in [2.05, 4.69) is 10.4 Å². The van der Waals surface area contributed by atoms with Gasteiger partial charge in [0.15, 0.2) is 0 Å². The number of amides is 1. The van der Waals surface area contributed by atoms with Crippen LogP contribution in [-0.4, -0.2) is 17.0 Å². The van der Waals surface area contributed by atoms with Crippen LogP contribution in [0.4, 0.5) is 11.4 Å². The highest BCUT2D eigenvalue weighted by Gasteiger charge is 2.09. The summed E-state index contributed by atoms with van der Waals surface area (Å²) in [5, 5.41) is 18.7. The average Bonchev–Trinajstić information content (AvgIpc) is 2.62. The predicted molar refractivity (Wildman–Crippen MR) is 96.8 cm³/mol. The Morgan fingerprint density at radius 1 is 1.04 bits per heavy atom. The summed E-state index contributed by atoms with van der Waals surface area (Å²) in [6.07, 6.45) is 1.55. The number of carbonyl (C=O) groups excluding carboxylic acids is 1. The van der Waals surface area contributed by atoms with Gasteiger partial charge >= 0.3 is 0 Å². The Bertz CT molecular complexity index is 981. The van der Waals surface area contributed by atoms with Crippen LogP contribution >= 0.6 is 0 Å². The predicted octanol–water partition coefficient (Wildman–Crippen LogP) is 3.29. The summed E-state index contributed by atoms with van der Waals surface area (Å²) in [6.45, 7) is 0. The quantitative estimate of drug-likeness (QED) is 0.330. The van der Waals surface area contributed by atoms with Gasteiger partial charge in [0.25, 0.3) is 11.6 Å². The average molecular weight is 334 g/mol. The van der Waals surface area contributed by atoms with Crippen molar-refractivity contribution < 1.29 is 9.72 Å². The third-order valence-electron chi connectivity index (χ3n) is 3.69. The van der Waals surface area contributed by atoms with Gasteiger partial charge in [-0.1, -0.05) is 18.2 Å². The molecule has 3 aromatic carbocycles. The molecule has 25 heavy (non-hydrogen) atoms. The minimum Gasteiger partial charge on any atom is -0.323 e. The lowest BCUT2D eigenvalue weighted by Crippen LogP contribution is -2.11. The number of nitrogens with one attached hydrogen (secondary N) is 1. The highest BCUT2D eigenvalue weighted by Crippen LogP contribution is 2.20. The maximum Gasteiger partial charge on any atom is 0.269 e. The van der Waals surface area contributed by atoms with Crippen molar-refractivity contribution in [3.8, 4) is 0 Å². The number of nitro groups is 1. The normalized spacial score (nSPS) is 10.9. The molecule has 0 heterocycles. The van der Waals surface area contributed by atoms with Crippen LogP contribution in [0.5, 0.6) is 0 Å². The van der Waals surface area contributed by atoms with E-state index in [9.17, 15) is 14.9 Å². The lowest BCUT2D eigenvalue weighted by molar-refractivity contribution is -0.384. The molecular weight excluding hydrogens is 320 g/mol. The molecule has 7 heteroatoms. The van der Waals surface area contributed by atoms with E-state index >= 15 is 0 Å². The molecule has 0 aliphatic rings. The fraction of sp³-hybridized carbons (Fsp3) is 0. The van der Waals surface area contributed by atoms with Crippen LogP contribution in [0.2, 0.25) is 0 Å². The molecule has 7 nitrogen and oxygen atoms in total. The Morgan fingerprint density at radius 3 is 2.40 bits per heavy atom. The van der Waals surface area contributed by atoms with E-state index in [1.807, 2.05) is 24.3 Å². The van der Waals surface area contributed by atoms with E-state index in [1.54, 1.807) is 18.3 Å². The van der Waals surface area contributed by atoms with Gasteiger partial charge in [-0.05, 0) is 46.7 Å². The number of anilines is 1. The molecule has 0 saturated carbocycles. The first kappa shape index (κ1) is 16.1. The lowest BCUT2D eigenvalue weighted by Gasteiger charge is -2.07. The SMILES string of the molecule is NN=Cc1ccc2cc(C(=O)Nc3ccc([N+](=O)[O-])cc3)ccc2c1. The second-order valence-corrected chi connectivity index (χ2v) is 5.36. The Hall–Kier alpha value is -3.74. The number of nitrogens with zero attached hydrogens (tertiary/aromatic N) is 2. The van der Waals surface area contributed by atoms with Gasteiger partial charge in [0.2, 0.25) is 0 Å². The highest BCUT2D eigenvalue weighted by atomic mass is 16.6. The molecule has 0 saturated heterocycles. The van der Waals surface area contributed by atoms with Gasteiger partial charge in [0.1, 0.15) is 0 Å². The van der Waals surface area contributed by atoms with E-state index in [0.717, 1.165) is 16.3 Å². The van der Waals surface area contributed by atoms with Crippen LogP contribution in [0, 0.1) is 10.1 Å². The van der Waals surface area contributed by atoms with Crippen molar-refractivity contribution in [1.82, 2.24) is 0 Å². The molecule has 0 aliphatic carbocycles. The Morgan fingerprint density at radius 2 is 1.72 bits per heavy atom. The molecule has 0 aromatic heterocycles. The van der Waals surface area contributed by atoms with Gasteiger partial charge in [-0.3, -0.25) is 14.9 Å². The first-order valence-corrected chi connectivity index (χ1v) is 7.40. The number of nitro benzene ring substituents is 1. The first-order chi connectivity index (χ1) is 12.1. The molecule has 0 fully saturated rings. The zero-order valence-corrected chi connectivity index (χ0v) is 13.0. The Labute approximate surface area is 142 Å². The van der Waals surface area contributed by atoms with E-state index in [-0.39, 0.29) is 11.6 Å². The number of carbonyl (C=O) groups is 1. The molecule has 3 aromatic rings. The van der Waals surface area contributed by atoms with Crippen LogP contribution in [0.25, 0.3) is 10.8 Å². The van der Waals surface area contributed by atoms with Gasteiger partial charge in [-0.2, -0.15) is 5.10 Å². The van der Waals surface area contributed by atoms with E-state index in [0.29, 0.717) is 11.3 Å². The van der Waals surface area contributed by atoms with E-state index < -0.39 is 4.92 Å². The molecule has 0 bridgehead atoms. The van der Waals surface area contributed by atoms with Crippen molar-refractivity contribution in [2.45, 2.75) is 0 Å². The van der Waals surface area contributed by atoms with Crippen molar-refractivity contribution in [1.29, 1.82) is 0 Å². The number of hydrazone groups is 1. The fourth-order valence-electron chi connectivity index (χ4n) is 2.44. The molecule has 0 aliphatic heterocycles. The molecule has 0 atom stereocenters. The fourth-order valence-corrected chi connectivity index (χ4v) is 2.44. The summed E-state index contributed by atoms with van der Waals surface area (Å²) in [4.78, 5) is 22.5. The molecular formula is C18H14N4O3. The number of benzene rings is 3. The van der Waals surface area contributed by atoms with Crippen molar-refractivity contribution in [2.75, 3.05) is 5.32 Å². The summed E-state index contributed by atoms with van der Waals surface area (Å²) in [5.41, 5.74) is 1.83. The van der Waals surface area contributed by atoms with Crippen LogP contribution < -0.4 is 11.2 Å². The molecule has 0 radical (unpaired) electrons. The molecule has 3 rings (SSSR count). The second-order valence-electron chi connectivity index (χ2n) is 5.36. The van der Waals surface area contributed by atoms with Gasteiger partial charge in [-0.25, -0.2) is 0 Å². The molecule has 0 unspecified atom stereocenters. The lowest BCUT2D eigenvalue weighted by atomic mass is 10.0. The van der Waals surface area contributed by atoms with Gasteiger partial charge in [0, 0.05) is 23.4 Å². The molecule has 0 spiro atoms. The zero-order valence-electron chi connectivity index (χ0n) is 13.0. The number of non-ortho nitro benzene ring substituents is 1. The van der Waals surface area contributed by atoms with E-state index in [4.69, 9.17) is 5.84 Å². The zero-order chi connectivity index (χ0) is 17.8. The molecule has 1 amide bonds. The number of fused-ring (bicyclic) bond motifs is 1. The van der Waals surface area contributed by atoms with Crippen molar-refractivity contribution in [3.63, 3.8) is 0 Å². The summed E-state index contributed by atoms with van der Waals surface area (Å²) in [6, 6.07) is 16.7. The topological polar surface area (TPSA) is 111 Å². The van der Waals surface area contributed by atoms with Gasteiger partial charge in [0.05, 0.1) is 11.1 Å². The monoisotopic (exact) mass is 334 g/mol. The standard InChI is InChI=1S/C18H14N4O3/c19-20-11-12-1-2-14-10-15(4-3-13(14)9-12)18(23)21-16-5-7-17(8-6-16)22(24)25/h1-11H,19H2,(H,21,23). The minimum atomic E-state index is -0.488. The van der Waals surface area contributed by atoms with Crippen molar-refractivity contribution in [2.24, 2.45) is 10.9 Å². The number of hydrogen-bond donors (Lipinski definition) is 2. The van der Waals surface area contributed by atoms with Crippen LogP contribution in [0.15, 0.2) is 65.8 Å². The van der Waals surface area contributed by atoms with E-state index in [1.165, 1.54) is 24.3 Å². The number of nitrogens with two attached hydrogens (primary N) is 1. The summed E-state index contributed by atoms with van der Waals surface area (Å²) >= 11 is 0. The second kappa shape index (κ2) is 6.79. The number of rotatable bonds is 4. The summed E-state index contributed by atoms with van der Waals surface area (Å²) in [7, 11) is 0. The minimum absolute atomic E-state index is 0.0273. The third-order valence-corrected chi connectivity index (χ3v) is 3.69. The Kier molecular flexibility index (Phi) is 4.38. The Balaban J connectivity index is 1.81. The largest absolute Gasteiger partial charge is 0.323 e. The van der Waals surface area contributed by atoms with Crippen LogP contribution in [0.1, 0.15) is 15.9 Å². The highest BCUT2D eigenvalue weighted by molar-refractivity contribution is 6.06. The number of hydrogen-bond acceptors (Lipinski definition) is 5. The smallest absolute Gasteiger partial charge is 0.269 e. The first-order valence-electron chi connectivity index (χ1n) is 7.40. The maximum absolute atomic E-state index is 12.4. The maximum atomic E-state index is 12.4. The summed E-state index contributed by atoms with van der Waals surface area (Å²) < 4.78 is 0. The molecule has 124 valence electrons. The third kappa shape index (κ3) is 3.61. The molecule has 3 N–H and O–H groups in total. The van der Waals surface area contributed by atoms with Gasteiger partial charge in [-0.15, -0.1) is 0 Å². The van der Waals surface area contributed by atoms with Gasteiger partial charge < -0.3 is 11.2 Å². The van der Waals surface area contributed by atoms with Crippen molar-refractivity contribution >= 4 is 34.3 Å². The van der Waals surface area contributed by atoms with Crippen LogP contribution in [0.3, 0.4) is 0 Å². The van der Waals surface area contributed by atoms with Crippen LogP contribution in [-0.2, 0) is 0 Å².